The van der Waals surface area contributed by atoms with Crippen LogP contribution in [0.25, 0.3) is 0 Å². The second kappa shape index (κ2) is 4.43. The fourth-order valence-corrected chi connectivity index (χ4v) is 1.66. The molecule has 1 saturated heterocycles. The molecular formula is C8H16N2O3. The number of nitrogens with zero attached hydrogens (tertiary/aromatic N) is 2. The molecule has 1 amide bonds. The topological polar surface area (TPSA) is 64.0 Å². The second-order valence-corrected chi connectivity index (χ2v) is 3.19. The Kier molecular flexibility index (Phi) is 3.50. The fourth-order valence-electron chi connectivity index (χ4n) is 1.66. The Labute approximate surface area is 77.6 Å². The van der Waals surface area contributed by atoms with E-state index in [4.69, 9.17) is 10.2 Å². The normalized spacial score (nSPS) is 24.8. The van der Waals surface area contributed by atoms with Crippen molar-refractivity contribution in [1.82, 2.24) is 9.80 Å². The Morgan fingerprint density at radius 1 is 1.54 bits per heavy atom. The first-order valence-corrected chi connectivity index (χ1v) is 4.51. The number of carbonyl (C=O) groups is 1. The molecule has 0 aromatic rings. The number of aliphatic hydroxyl groups excluding tert-OH is 1. The summed E-state index contributed by atoms with van der Waals surface area (Å²) in [5, 5.41) is 17.8. The largest absolute Gasteiger partial charge is 0.465 e. The van der Waals surface area contributed by atoms with Gasteiger partial charge in [-0.15, -0.1) is 0 Å². The average molecular weight is 188 g/mol. The number of carboxylic acid groups (broad SMARTS) is 1. The van der Waals surface area contributed by atoms with E-state index in [1.54, 1.807) is 0 Å². The van der Waals surface area contributed by atoms with Crippen molar-refractivity contribution in [3.63, 3.8) is 0 Å². The lowest BCUT2D eigenvalue weighted by Crippen LogP contribution is -2.55. The number of hydrogen-bond acceptors (Lipinski definition) is 3. The van der Waals surface area contributed by atoms with Gasteiger partial charge in [-0.05, 0) is 6.54 Å². The van der Waals surface area contributed by atoms with Crippen molar-refractivity contribution in [3.8, 4) is 0 Å². The highest BCUT2D eigenvalue weighted by molar-refractivity contribution is 5.65. The van der Waals surface area contributed by atoms with Gasteiger partial charge in [-0.1, -0.05) is 6.92 Å². The Morgan fingerprint density at radius 2 is 2.23 bits per heavy atom. The van der Waals surface area contributed by atoms with E-state index in [0.29, 0.717) is 19.6 Å². The minimum atomic E-state index is -0.894. The van der Waals surface area contributed by atoms with Crippen LogP contribution < -0.4 is 0 Å². The van der Waals surface area contributed by atoms with E-state index in [1.807, 2.05) is 6.92 Å². The lowest BCUT2D eigenvalue weighted by atomic mass is 10.2. The van der Waals surface area contributed by atoms with E-state index >= 15 is 0 Å². The molecule has 1 heterocycles. The maximum Gasteiger partial charge on any atom is 0.407 e. The number of hydrogen-bond donors (Lipinski definition) is 2. The number of amides is 1. The highest BCUT2D eigenvalue weighted by Crippen LogP contribution is 2.08. The molecule has 2 N–H and O–H groups in total. The zero-order chi connectivity index (χ0) is 9.84. The van der Waals surface area contributed by atoms with Crippen molar-refractivity contribution >= 4 is 6.09 Å². The second-order valence-electron chi connectivity index (χ2n) is 3.19. The molecule has 0 unspecified atom stereocenters. The van der Waals surface area contributed by atoms with Gasteiger partial charge in [0.25, 0.3) is 0 Å². The maximum atomic E-state index is 10.6. The fraction of sp³-hybridized carbons (Fsp3) is 0.875. The standard InChI is InChI=1S/C8H16N2O3/c1-2-9-3-4-10(8(12)13)5-7(9)6-11/h7,11H,2-6H2,1H3,(H,12,13)/t7-/m0/s1. The molecule has 1 atom stereocenters. The first-order valence-electron chi connectivity index (χ1n) is 4.51. The van der Waals surface area contributed by atoms with E-state index in [2.05, 4.69) is 4.90 Å². The Bertz CT molecular complexity index is 186. The highest BCUT2D eigenvalue weighted by atomic mass is 16.4. The van der Waals surface area contributed by atoms with E-state index in [-0.39, 0.29) is 12.6 Å². The Balaban J connectivity index is 2.52. The third-order valence-electron chi connectivity index (χ3n) is 2.49. The van der Waals surface area contributed by atoms with Gasteiger partial charge in [0.2, 0.25) is 0 Å². The summed E-state index contributed by atoms with van der Waals surface area (Å²) in [6.45, 7) is 4.57. The summed E-state index contributed by atoms with van der Waals surface area (Å²) in [4.78, 5) is 14.1. The van der Waals surface area contributed by atoms with Crippen LogP contribution in [0.2, 0.25) is 0 Å². The molecule has 1 aliphatic rings. The number of piperazine rings is 1. The predicted octanol–water partition coefficient (Wildman–Crippen LogP) is -0.337. The summed E-state index contributed by atoms with van der Waals surface area (Å²) >= 11 is 0. The van der Waals surface area contributed by atoms with Crippen LogP contribution in [0.15, 0.2) is 0 Å². The molecule has 0 radical (unpaired) electrons. The predicted molar refractivity (Wildman–Crippen MR) is 47.7 cm³/mol. The third kappa shape index (κ3) is 2.32. The van der Waals surface area contributed by atoms with Crippen molar-refractivity contribution in [2.24, 2.45) is 0 Å². The van der Waals surface area contributed by atoms with Crippen LogP contribution in [0.5, 0.6) is 0 Å². The molecular weight excluding hydrogens is 172 g/mol. The van der Waals surface area contributed by atoms with Crippen molar-refractivity contribution in [1.29, 1.82) is 0 Å². The van der Waals surface area contributed by atoms with Crippen LogP contribution in [0.1, 0.15) is 6.92 Å². The van der Waals surface area contributed by atoms with Gasteiger partial charge >= 0.3 is 6.09 Å². The number of rotatable bonds is 2. The van der Waals surface area contributed by atoms with Gasteiger partial charge in [0.15, 0.2) is 0 Å². The van der Waals surface area contributed by atoms with Gasteiger partial charge < -0.3 is 15.1 Å². The smallest absolute Gasteiger partial charge is 0.407 e. The van der Waals surface area contributed by atoms with Crippen molar-refractivity contribution in [2.45, 2.75) is 13.0 Å². The van der Waals surface area contributed by atoms with Crippen LogP contribution in [0, 0.1) is 0 Å². The lowest BCUT2D eigenvalue weighted by molar-refractivity contribution is 0.0444. The van der Waals surface area contributed by atoms with E-state index in [1.165, 1.54) is 4.90 Å². The minimum absolute atomic E-state index is 0.0254. The molecule has 76 valence electrons. The lowest BCUT2D eigenvalue weighted by Gasteiger charge is -2.38. The van der Waals surface area contributed by atoms with Crippen molar-refractivity contribution in [3.05, 3.63) is 0 Å². The monoisotopic (exact) mass is 188 g/mol. The summed E-state index contributed by atoms with van der Waals surface area (Å²) in [7, 11) is 0. The van der Waals surface area contributed by atoms with E-state index < -0.39 is 6.09 Å². The number of aliphatic hydroxyl groups is 1. The summed E-state index contributed by atoms with van der Waals surface area (Å²) in [5.41, 5.74) is 0. The molecule has 5 heteroatoms. The third-order valence-corrected chi connectivity index (χ3v) is 2.49. The number of likely N-dealkylation sites (N-methyl/N-ethyl adjacent to an activating group) is 1. The van der Waals surface area contributed by atoms with Gasteiger partial charge in [-0.3, -0.25) is 4.90 Å². The van der Waals surface area contributed by atoms with E-state index in [0.717, 1.165) is 6.54 Å². The molecule has 1 fully saturated rings. The average Bonchev–Trinajstić information content (AvgIpc) is 2.16. The molecule has 0 aromatic carbocycles. The zero-order valence-electron chi connectivity index (χ0n) is 7.81. The minimum Gasteiger partial charge on any atom is -0.465 e. The maximum absolute atomic E-state index is 10.6. The molecule has 0 saturated carbocycles. The molecule has 5 nitrogen and oxygen atoms in total. The van der Waals surface area contributed by atoms with Crippen LogP contribution in [-0.2, 0) is 0 Å². The highest BCUT2D eigenvalue weighted by Gasteiger charge is 2.27. The van der Waals surface area contributed by atoms with Crippen LogP contribution in [0.3, 0.4) is 0 Å². The van der Waals surface area contributed by atoms with Gasteiger partial charge in [0.1, 0.15) is 0 Å². The Morgan fingerprint density at radius 3 is 2.69 bits per heavy atom. The van der Waals surface area contributed by atoms with Gasteiger partial charge in [-0.25, -0.2) is 4.79 Å². The van der Waals surface area contributed by atoms with Crippen molar-refractivity contribution in [2.75, 3.05) is 32.8 Å². The molecule has 1 aliphatic heterocycles. The van der Waals surface area contributed by atoms with Crippen molar-refractivity contribution < 1.29 is 15.0 Å². The SMILES string of the molecule is CCN1CCN(C(=O)O)C[C@H]1CO. The first-order chi connectivity index (χ1) is 6.19. The first kappa shape index (κ1) is 10.3. The van der Waals surface area contributed by atoms with Gasteiger partial charge in [0, 0.05) is 19.6 Å². The van der Waals surface area contributed by atoms with Crippen LogP contribution in [0.4, 0.5) is 4.79 Å². The van der Waals surface area contributed by atoms with Crippen LogP contribution in [-0.4, -0.2) is 64.9 Å². The molecule has 1 rings (SSSR count). The van der Waals surface area contributed by atoms with E-state index in [9.17, 15) is 4.79 Å². The summed E-state index contributed by atoms with van der Waals surface area (Å²) < 4.78 is 0. The Hall–Kier alpha value is -0.810. The molecule has 0 aromatic heterocycles. The van der Waals surface area contributed by atoms with Gasteiger partial charge in [-0.2, -0.15) is 0 Å². The zero-order valence-corrected chi connectivity index (χ0v) is 7.81. The molecule has 13 heavy (non-hydrogen) atoms. The summed E-state index contributed by atoms with van der Waals surface area (Å²) in [6.07, 6.45) is -0.894. The quantitative estimate of drug-likeness (QED) is 0.622. The van der Waals surface area contributed by atoms with Crippen LogP contribution >= 0.6 is 0 Å². The summed E-state index contributed by atoms with van der Waals surface area (Å²) in [5.74, 6) is 0. The molecule has 0 spiro atoms. The van der Waals surface area contributed by atoms with Gasteiger partial charge in [0.05, 0.1) is 12.6 Å². The molecule has 0 bridgehead atoms. The molecule has 0 aliphatic carbocycles. The summed E-state index contributed by atoms with van der Waals surface area (Å²) in [6, 6.07) is -0.0325.